The van der Waals surface area contributed by atoms with E-state index in [0.717, 1.165) is 6.07 Å². The molecule has 0 fully saturated rings. The van der Waals surface area contributed by atoms with Crippen LogP contribution >= 0.6 is 23.2 Å². The number of carbonyl (C=O) groups excluding carboxylic acids is 1. The van der Waals surface area contributed by atoms with Crippen LogP contribution in [0.1, 0.15) is 23.5 Å². The molecule has 2 rings (SSSR count). The molecular formula is C16H12Cl2N2O5. The van der Waals surface area contributed by atoms with E-state index in [-0.39, 0.29) is 29.8 Å². The van der Waals surface area contributed by atoms with Gasteiger partial charge in [0, 0.05) is 28.1 Å². The van der Waals surface area contributed by atoms with E-state index in [1.165, 1.54) is 18.2 Å². The minimum atomic E-state index is -0.699. The number of rotatable bonds is 7. The van der Waals surface area contributed by atoms with Gasteiger partial charge < -0.3 is 4.79 Å². The van der Waals surface area contributed by atoms with E-state index in [1.807, 2.05) is 0 Å². The molecule has 0 amide bonds. The highest BCUT2D eigenvalue weighted by atomic mass is 35.5. The molecule has 0 bridgehead atoms. The molecule has 0 aromatic heterocycles. The summed E-state index contributed by atoms with van der Waals surface area (Å²) in [5.41, 5.74) is 0.182. The molecular weight excluding hydrogens is 371 g/mol. The Kier molecular flexibility index (Phi) is 6.06. The molecule has 7 nitrogen and oxygen atoms in total. The molecule has 2 aromatic carbocycles. The quantitative estimate of drug-likeness (QED) is 0.391. The zero-order valence-corrected chi connectivity index (χ0v) is 14.2. The van der Waals surface area contributed by atoms with E-state index in [1.54, 1.807) is 12.1 Å². The number of nitrogens with zero attached hydrogens (tertiary/aromatic N) is 2. The van der Waals surface area contributed by atoms with Gasteiger partial charge in [-0.15, -0.1) is 0 Å². The highest BCUT2D eigenvalue weighted by molar-refractivity contribution is 6.35. The molecule has 0 radical (unpaired) electrons. The van der Waals surface area contributed by atoms with Gasteiger partial charge >= 0.3 is 0 Å². The first-order chi connectivity index (χ1) is 11.8. The number of benzene rings is 2. The van der Waals surface area contributed by atoms with Gasteiger partial charge in [0.25, 0.3) is 11.4 Å². The molecule has 0 unspecified atom stereocenters. The lowest BCUT2D eigenvalue weighted by atomic mass is 9.89. The van der Waals surface area contributed by atoms with Crippen molar-refractivity contribution in [3.05, 3.63) is 77.8 Å². The van der Waals surface area contributed by atoms with Gasteiger partial charge in [0.1, 0.15) is 6.29 Å². The maximum absolute atomic E-state index is 11.3. The summed E-state index contributed by atoms with van der Waals surface area (Å²) in [6.45, 7) is 0. The zero-order valence-electron chi connectivity index (χ0n) is 12.7. The fourth-order valence-corrected chi connectivity index (χ4v) is 3.11. The number of hydrogen-bond acceptors (Lipinski definition) is 5. The van der Waals surface area contributed by atoms with Gasteiger partial charge in [-0.3, -0.25) is 20.2 Å². The van der Waals surface area contributed by atoms with Crippen LogP contribution in [-0.2, 0) is 11.2 Å². The summed E-state index contributed by atoms with van der Waals surface area (Å²) in [6.07, 6.45) is 0.927. The van der Waals surface area contributed by atoms with Crippen molar-refractivity contribution in [2.24, 2.45) is 0 Å². The highest BCUT2D eigenvalue weighted by Crippen LogP contribution is 2.34. The van der Waals surface area contributed by atoms with Gasteiger partial charge in [-0.25, -0.2) is 0 Å². The normalized spacial score (nSPS) is 11.8. The van der Waals surface area contributed by atoms with Crippen molar-refractivity contribution in [2.45, 2.75) is 18.8 Å². The summed E-state index contributed by atoms with van der Waals surface area (Å²) < 4.78 is 0. The number of nitro groups is 2. The summed E-state index contributed by atoms with van der Waals surface area (Å²) in [5, 5.41) is 22.9. The summed E-state index contributed by atoms with van der Waals surface area (Å²) in [6, 6.07) is 8.25. The third-order valence-electron chi connectivity index (χ3n) is 3.73. The second-order valence-corrected chi connectivity index (χ2v) is 6.14. The molecule has 0 saturated carbocycles. The Hall–Kier alpha value is -2.51. The second kappa shape index (κ2) is 8.04. The SMILES string of the molecule is O=CC[C@H](Cc1ccc([N+](=O)[O-])cc1[N+](=O)[O-])c1ccc(Cl)cc1Cl. The molecule has 0 saturated heterocycles. The number of non-ortho nitro benzene ring substituents is 1. The number of hydrogen-bond donors (Lipinski definition) is 0. The Balaban J connectivity index is 2.44. The fraction of sp³-hybridized carbons (Fsp3) is 0.188. The average Bonchev–Trinajstić information content (AvgIpc) is 2.54. The van der Waals surface area contributed by atoms with E-state index in [0.29, 0.717) is 21.9 Å². The van der Waals surface area contributed by atoms with Crippen molar-refractivity contribution < 1.29 is 14.6 Å². The highest BCUT2D eigenvalue weighted by Gasteiger charge is 2.23. The Morgan fingerprint density at radius 2 is 1.76 bits per heavy atom. The molecule has 0 aliphatic rings. The van der Waals surface area contributed by atoms with Gasteiger partial charge in [-0.05, 0) is 36.1 Å². The van der Waals surface area contributed by atoms with E-state index >= 15 is 0 Å². The van der Waals surface area contributed by atoms with Crippen LogP contribution in [0.15, 0.2) is 36.4 Å². The fourth-order valence-electron chi connectivity index (χ4n) is 2.54. The van der Waals surface area contributed by atoms with Crippen LogP contribution in [0.5, 0.6) is 0 Å². The first-order valence-electron chi connectivity index (χ1n) is 7.13. The lowest BCUT2D eigenvalue weighted by Gasteiger charge is -2.16. The Bertz CT molecular complexity index is 841. The van der Waals surface area contributed by atoms with E-state index in [2.05, 4.69) is 0 Å². The predicted molar refractivity (Wildman–Crippen MR) is 93.3 cm³/mol. The number of aldehydes is 1. The molecule has 0 aliphatic carbocycles. The minimum absolute atomic E-state index is 0.0928. The third kappa shape index (κ3) is 4.52. The van der Waals surface area contributed by atoms with Crippen molar-refractivity contribution in [2.75, 3.05) is 0 Å². The van der Waals surface area contributed by atoms with Crippen LogP contribution in [0.25, 0.3) is 0 Å². The monoisotopic (exact) mass is 382 g/mol. The Morgan fingerprint density at radius 1 is 1.04 bits per heavy atom. The van der Waals surface area contributed by atoms with Crippen molar-refractivity contribution in [1.82, 2.24) is 0 Å². The van der Waals surface area contributed by atoms with Crippen molar-refractivity contribution in [3.8, 4) is 0 Å². The molecule has 25 heavy (non-hydrogen) atoms. The summed E-state index contributed by atoms with van der Waals surface area (Å²) in [7, 11) is 0. The molecule has 130 valence electrons. The van der Waals surface area contributed by atoms with E-state index in [9.17, 15) is 25.0 Å². The van der Waals surface area contributed by atoms with E-state index in [4.69, 9.17) is 23.2 Å². The standard InChI is InChI=1S/C16H12Cl2N2O5/c17-12-2-4-14(15(18)8-12)10(5-6-21)7-11-1-3-13(19(22)23)9-16(11)20(24)25/h1-4,6,8-10H,5,7H2/t10-/m1/s1. The molecule has 1 atom stereocenters. The molecule has 0 spiro atoms. The van der Waals surface area contributed by atoms with Gasteiger partial charge in [-0.2, -0.15) is 0 Å². The Morgan fingerprint density at radius 3 is 2.32 bits per heavy atom. The van der Waals surface area contributed by atoms with Gasteiger partial charge in [0.15, 0.2) is 0 Å². The topological polar surface area (TPSA) is 103 Å². The third-order valence-corrected chi connectivity index (χ3v) is 4.29. The summed E-state index contributed by atoms with van der Waals surface area (Å²) >= 11 is 12.0. The molecule has 0 aliphatic heterocycles. The first-order valence-corrected chi connectivity index (χ1v) is 7.89. The van der Waals surface area contributed by atoms with Crippen LogP contribution in [0.4, 0.5) is 11.4 Å². The smallest absolute Gasteiger partial charge is 0.279 e. The lowest BCUT2D eigenvalue weighted by Crippen LogP contribution is -2.07. The van der Waals surface area contributed by atoms with Crippen LogP contribution in [0.3, 0.4) is 0 Å². The number of halogens is 2. The second-order valence-electron chi connectivity index (χ2n) is 5.30. The van der Waals surface area contributed by atoms with Crippen LogP contribution in [-0.4, -0.2) is 16.1 Å². The van der Waals surface area contributed by atoms with E-state index < -0.39 is 15.8 Å². The molecule has 0 N–H and O–H groups in total. The van der Waals surface area contributed by atoms with Gasteiger partial charge in [0.2, 0.25) is 0 Å². The first kappa shape index (κ1) is 18.8. The number of nitro benzene ring substituents is 2. The van der Waals surface area contributed by atoms with Crippen LogP contribution < -0.4 is 0 Å². The summed E-state index contributed by atoms with van der Waals surface area (Å²) in [5.74, 6) is -0.414. The largest absolute Gasteiger partial charge is 0.303 e. The zero-order chi connectivity index (χ0) is 18.6. The predicted octanol–water partition coefficient (Wildman–Crippen LogP) is 4.73. The minimum Gasteiger partial charge on any atom is -0.303 e. The molecule has 0 heterocycles. The van der Waals surface area contributed by atoms with Crippen molar-refractivity contribution >= 4 is 40.9 Å². The van der Waals surface area contributed by atoms with Gasteiger partial charge in [-0.1, -0.05) is 29.3 Å². The van der Waals surface area contributed by atoms with Crippen LogP contribution in [0.2, 0.25) is 10.0 Å². The Labute approximate surface area is 152 Å². The van der Waals surface area contributed by atoms with Crippen LogP contribution in [0, 0.1) is 20.2 Å². The number of carbonyl (C=O) groups is 1. The lowest BCUT2D eigenvalue weighted by molar-refractivity contribution is -0.394. The maximum atomic E-state index is 11.3. The molecule has 9 heteroatoms. The van der Waals surface area contributed by atoms with Gasteiger partial charge in [0.05, 0.1) is 15.9 Å². The summed E-state index contributed by atoms with van der Waals surface area (Å²) in [4.78, 5) is 31.7. The van der Waals surface area contributed by atoms with Crippen molar-refractivity contribution in [1.29, 1.82) is 0 Å². The molecule has 2 aromatic rings. The maximum Gasteiger partial charge on any atom is 0.279 e. The average molecular weight is 383 g/mol. The van der Waals surface area contributed by atoms with Crippen molar-refractivity contribution in [3.63, 3.8) is 0 Å².